The largest absolute Gasteiger partial charge is 0.314 e. The molecule has 0 unspecified atom stereocenters. The van der Waals surface area contributed by atoms with Crippen molar-refractivity contribution in [3.05, 3.63) is 17.5 Å². The molecule has 3 nitrogen and oxygen atoms in total. The second-order valence-corrected chi connectivity index (χ2v) is 5.29. The third-order valence-corrected chi connectivity index (χ3v) is 3.41. The molecule has 0 aromatic carbocycles. The summed E-state index contributed by atoms with van der Waals surface area (Å²) >= 11 is 0. The molecule has 17 heavy (non-hydrogen) atoms. The van der Waals surface area contributed by atoms with Gasteiger partial charge in [-0.05, 0) is 52.1 Å². The van der Waals surface area contributed by atoms with E-state index in [0.717, 1.165) is 18.3 Å². The van der Waals surface area contributed by atoms with Gasteiger partial charge in [0.25, 0.3) is 0 Å². The lowest BCUT2D eigenvalue weighted by atomic mass is 10.2. The molecule has 1 aliphatic carbocycles. The molecule has 1 aliphatic rings. The fraction of sp³-hybridized carbons (Fsp3) is 0.786. The molecule has 1 N–H and O–H groups in total. The Hall–Kier alpha value is -0.830. The number of unbranched alkanes of at least 4 members (excludes halogenated alkanes) is 3. The van der Waals surface area contributed by atoms with E-state index in [1.54, 1.807) is 0 Å². The highest BCUT2D eigenvalue weighted by atomic mass is 15.3. The maximum Gasteiger partial charge on any atom is 0.0596 e. The number of aromatic nitrogens is 2. The Labute approximate surface area is 105 Å². The molecule has 1 saturated carbocycles. The van der Waals surface area contributed by atoms with Crippen molar-refractivity contribution in [3.63, 3.8) is 0 Å². The first-order chi connectivity index (χ1) is 8.25. The van der Waals surface area contributed by atoms with Crippen molar-refractivity contribution in [3.8, 4) is 0 Å². The molecule has 1 aromatic heterocycles. The van der Waals surface area contributed by atoms with E-state index >= 15 is 0 Å². The fourth-order valence-corrected chi connectivity index (χ4v) is 2.24. The summed E-state index contributed by atoms with van der Waals surface area (Å²) in [5, 5.41) is 8.04. The van der Waals surface area contributed by atoms with Crippen molar-refractivity contribution >= 4 is 0 Å². The third kappa shape index (κ3) is 4.50. The molecule has 0 bridgehead atoms. The molecule has 0 spiro atoms. The van der Waals surface area contributed by atoms with Crippen LogP contribution in [0.4, 0.5) is 0 Å². The summed E-state index contributed by atoms with van der Waals surface area (Å²) in [6.07, 6.45) is 8.05. The number of aryl methyl sites for hydroxylation is 3. The van der Waals surface area contributed by atoms with Crippen LogP contribution in [0.2, 0.25) is 0 Å². The molecule has 1 aromatic rings. The number of nitrogens with one attached hydrogen (secondary N) is 1. The van der Waals surface area contributed by atoms with Crippen LogP contribution in [0.1, 0.15) is 49.9 Å². The van der Waals surface area contributed by atoms with Crippen molar-refractivity contribution in [2.24, 2.45) is 0 Å². The molecule has 3 heteroatoms. The molecule has 1 heterocycles. The summed E-state index contributed by atoms with van der Waals surface area (Å²) < 4.78 is 2.14. The summed E-state index contributed by atoms with van der Waals surface area (Å²) in [5.41, 5.74) is 2.43. The zero-order chi connectivity index (χ0) is 12.1. The quantitative estimate of drug-likeness (QED) is 0.702. The highest BCUT2D eigenvalue weighted by Gasteiger charge is 2.19. The topological polar surface area (TPSA) is 29.9 Å². The van der Waals surface area contributed by atoms with Crippen LogP contribution in [-0.4, -0.2) is 22.4 Å². The van der Waals surface area contributed by atoms with E-state index in [9.17, 15) is 0 Å². The molecule has 2 rings (SSSR count). The van der Waals surface area contributed by atoms with Crippen LogP contribution in [0, 0.1) is 13.8 Å². The van der Waals surface area contributed by atoms with Crippen molar-refractivity contribution in [1.29, 1.82) is 0 Å². The molecule has 0 amide bonds. The van der Waals surface area contributed by atoms with Crippen molar-refractivity contribution in [2.75, 3.05) is 6.54 Å². The molecular formula is C14H25N3. The van der Waals surface area contributed by atoms with Gasteiger partial charge in [-0.25, -0.2) is 0 Å². The van der Waals surface area contributed by atoms with Gasteiger partial charge in [0.1, 0.15) is 0 Å². The van der Waals surface area contributed by atoms with Crippen molar-refractivity contribution in [2.45, 2.75) is 65.0 Å². The Morgan fingerprint density at radius 3 is 2.65 bits per heavy atom. The molecule has 0 saturated heterocycles. The first-order valence-corrected chi connectivity index (χ1v) is 7.00. The van der Waals surface area contributed by atoms with Crippen LogP contribution in [0.5, 0.6) is 0 Å². The van der Waals surface area contributed by atoms with Gasteiger partial charge < -0.3 is 5.32 Å². The number of hydrogen-bond donors (Lipinski definition) is 1. The predicted octanol–water partition coefficient (Wildman–Crippen LogP) is 2.81. The Kier molecular flexibility index (Phi) is 4.60. The van der Waals surface area contributed by atoms with E-state index in [4.69, 9.17) is 0 Å². The molecule has 0 atom stereocenters. The Morgan fingerprint density at radius 2 is 2.00 bits per heavy atom. The van der Waals surface area contributed by atoms with E-state index < -0.39 is 0 Å². The van der Waals surface area contributed by atoms with E-state index in [0.29, 0.717) is 0 Å². The summed E-state index contributed by atoms with van der Waals surface area (Å²) in [5.74, 6) is 0. The first kappa shape index (κ1) is 12.6. The zero-order valence-electron chi connectivity index (χ0n) is 11.2. The van der Waals surface area contributed by atoms with Crippen LogP contribution in [-0.2, 0) is 6.54 Å². The number of hydrogen-bond acceptors (Lipinski definition) is 2. The SMILES string of the molecule is Cc1cc(C)n(CCCCCCNC2CC2)n1. The smallest absolute Gasteiger partial charge is 0.0596 e. The lowest BCUT2D eigenvalue weighted by Gasteiger charge is -2.05. The fourth-order valence-electron chi connectivity index (χ4n) is 2.24. The predicted molar refractivity (Wildman–Crippen MR) is 71.2 cm³/mol. The normalized spacial score (nSPS) is 15.4. The second kappa shape index (κ2) is 6.20. The van der Waals surface area contributed by atoms with Gasteiger partial charge >= 0.3 is 0 Å². The van der Waals surface area contributed by atoms with Gasteiger partial charge in [-0.1, -0.05) is 12.8 Å². The lowest BCUT2D eigenvalue weighted by molar-refractivity contribution is 0.515. The van der Waals surface area contributed by atoms with E-state index in [-0.39, 0.29) is 0 Å². The van der Waals surface area contributed by atoms with Crippen molar-refractivity contribution in [1.82, 2.24) is 15.1 Å². The minimum absolute atomic E-state index is 0.865. The third-order valence-electron chi connectivity index (χ3n) is 3.41. The summed E-state index contributed by atoms with van der Waals surface area (Å²) in [6.45, 7) is 6.49. The van der Waals surface area contributed by atoms with Crippen LogP contribution in [0.3, 0.4) is 0 Å². The Balaban J connectivity index is 1.49. The van der Waals surface area contributed by atoms with Gasteiger partial charge in [-0.2, -0.15) is 5.10 Å². The van der Waals surface area contributed by atoms with Crippen molar-refractivity contribution < 1.29 is 0 Å². The van der Waals surface area contributed by atoms with Crippen LogP contribution in [0.25, 0.3) is 0 Å². The van der Waals surface area contributed by atoms with E-state index in [1.165, 1.54) is 50.8 Å². The molecule has 96 valence electrons. The van der Waals surface area contributed by atoms with Gasteiger partial charge in [0, 0.05) is 18.3 Å². The summed E-state index contributed by atoms with van der Waals surface area (Å²) in [4.78, 5) is 0. The van der Waals surface area contributed by atoms with Crippen LogP contribution >= 0.6 is 0 Å². The van der Waals surface area contributed by atoms with Crippen LogP contribution < -0.4 is 5.32 Å². The van der Waals surface area contributed by atoms with Crippen LogP contribution in [0.15, 0.2) is 6.07 Å². The maximum atomic E-state index is 4.48. The minimum Gasteiger partial charge on any atom is -0.314 e. The molecule has 1 fully saturated rings. The van der Waals surface area contributed by atoms with E-state index in [2.05, 4.69) is 35.0 Å². The monoisotopic (exact) mass is 235 g/mol. The summed E-state index contributed by atoms with van der Waals surface area (Å²) in [7, 11) is 0. The second-order valence-electron chi connectivity index (χ2n) is 5.29. The average Bonchev–Trinajstić information content (AvgIpc) is 3.04. The Bertz CT molecular complexity index is 339. The minimum atomic E-state index is 0.865. The van der Waals surface area contributed by atoms with Gasteiger partial charge in [0.05, 0.1) is 5.69 Å². The average molecular weight is 235 g/mol. The highest BCUT2D eigenvalue weighted by Crippen LogP contribution is 2.18. The molecule has 0 radical (unpaired) electrons. The number of nitrogens with zero attached hydrogens (tertiary/aromatic N) is 2. The van der Waals surface area contributed by atoms with E-state index in [1.807, 2.05) is 0 Å². The Morgan fingerprint density at radius 1 is 1.24 bits per heavy atom. The first-order valence-electron chi connectivity index (χ1n) is 7.00. The zero-order valence-corrected chi connectivity index (χ0v) is 11.2. The highest BCUT2D eigenvalue weighted by molar-refractivity contribution is 5.06. The lowest BCUT2D eigenvalue weighted by Crippen LogP contribution is -2.17. The standard InChI is InChI=1S/C14H25N3/c1-12-11-13(2)17(16-12)10-6-4-3-5-9-15-14-7-8-14/h11,14-15H,3-10H2,1-2H3. The maximum absolute atomic E-state index is 4.48. The summed E-state index contributed by atoms with van der Waals surface area (Å²) in [6, 6.07) is 3.02. The molecular weight excluding hydrogens is 210 g/mol. The van der Waals surface area contributed by atoms with Gasteiger partial charge in [0.15, 0.2) is 0 Å². The van der Waals surface area contributed by atoms with Gasteiger partial charge in [0.2, 0.25) is 0 Å². The van der Waals surface area contributed by atoms with Gasteiger partial charge in [-0.15, -0.1) is 0 Å². The molecule has 0 aliphatic heterocycles. The number of rotatable bonds is 8. The van der Waals surface area contributed by atoms with Gasteiger partial charge in [-0.3, -0.25) is 4.68 Å².